The van der Waals surface area contributed by atoms with Crippen molar-refractivity contribution in [2.24, 2.45) is 4.99 Å². The molecule has 0 aliphatic heterocycles. The summed E-state index contributed by atoms with van der Waals surface area (Å²) in [6, 6.07) is 0.412. The summed E-state index contributed by atoms with van der Waals surface area (Å²) in [5, 5.41) is 9.47. The van der Waals surface area contributed by atoms with Crippen LogP contribution in [-0.2, 0) is 4.79 Å². The average molecular weight is 268 g/mol. The lowest BCUT2D eigenvalue weighted by molar-refractivity contribution is -0.121. The minimum absolute atomic E-state index is 0.142. The van der Waals surface area contributed by atoms with Crippen LogP contribution in [0.5, 0.6) is 0 Å². The quantitative estimate of drug-likeness (QED) is 0.371. The van der Waals surface area contributed by atoms with E-state index in [9.17, 15) is 4.79 Å². The summed E-state index contributed by atoms with van der Waals surface area (Å²) in [6.45, 7) is 3.71. The van der Waals surface area contributed by atoms with Gasteiger partial charge in [0, 0.05) is 32.6 Å². The monoisotopic (exact) mass is 268 g/mol. The van der Waals surface area contributed by atoms with Gasteiger partial charge >= 0.3 is 0 Å². The zero-order chi connectivity index (χ0) is 13.9. The van der Waals surface area contributed by atoms with E-state index >= 15 is 0 Å². The first-order valence-corrected chi connectivity index (χ1v) is 7.50. The van der Waals surface area contributed by atoms with E-state index in [1.165, 1.54) is 12.8 Å². The second-order valence-electron chi connectivity index (χ2n) is 5.08. The number of carbonyl (C=O) groups is 1. The van der Waals surface area contributed by atoms with Gasteiger partial charge in [0.1, 0.15) is 0 Å². The molecule has 0 heterocycles. The van der Waals surface area contributed by atoms with Crippen molar-refractivity contribution in [3.8, 4) is 0 Å². The minimum atomic E-state index is 0.142. The molecule has 1 saturated carbocycles. The number of hydrogen-bond acceptors (Lipinski definition) is 2. The van der Waals surface area contributed by atoms with Crippen molar-refractivity contribution in [2.45, 2.75) is 57.9 Å². The number of unbranched alkanes of at least 4 members (excludes halogenated alkanes) is 1. The van der Waals surface area contributed by atoms with E-state index in [4.69, 9.17) is 0 Å². The minimum Gasteiger partial charge on any atom is -0.356 e. The molecule has 5 heteroatoms. The maximum atomic E-state index is 11.7. The number of amides is 1. The topological polar surface area (TPSA) is 65.5 Å². The molecule has 0 atom stereocenters. The summed E-state index contributed by atoms with van der Waals surface area (Å²) in [6.07, 6.45) is 7.56. The number of rotatable bonds is 7. The lowest BCUT2D eigenvalue weighted by Crippen LogP contribution is -2.40. The zero-order valence-corrected chi connectivity index (χ0v) is 12.3. The molecular formula is C14H28N4O. The molecule has 0 aromatic carbocycles. The number of nitrogens with one attached hydrogen (secondary N) is 3. The molecule has 110 valence electrons. The Hall–Kier alpha value is -1.26. The van der Waals surface area contributed by atoms with Crippen molar-refractivity contribution < 1.29 is 4.79 Å². The Morgan fingerprint density at radius 3 is 2.53 bits per heavy atom. The summed E-state index contributed by atoms with van der Waals surface area (Å²) >= 11 is 0. The SMILES string of the molecule is CCCCNC(=NC)NCCC(=O)NC1CCCC1. The van der Waals surface area contributed by atoms with Crippen LogP contribution in [0.15, 0.2) is 4.99 Å². The van der Waals surface area contributed by atoms with Crippen LogP contribution in [0.4, 0.5) is 0 Å². The van der Waals surface area contributed by atoms with Gasteiger partial charge in [0.2, 0.25) is 5.91 Å². The van der Waals surface area contributed by atoms with Gasteiger partial charge in [0.25, 0.3) is 0 Å². The van der Waals surface area contributed by atoms with Crippen LogP contribution in [0.2, 0.25) is 0 Å². The molecule has 0 spiro atoms. The molecule has 0 aromatic rings. The Kier molecular flexibility index (Phi) is 8.02. The van der Waals surface area contributed by atoms with Gasteiger partial charge in [-0.1, -0.05) is 26.2 Å². The van der Waals surface area contributed by atoms with Gasteiger partial charge in [-0.3, -0.25) is 9.79 Å². The highest BCUT2D eigenvalue weighted by Crippen LogP contribution is 2.17. The maximum Gasteiger partial charge on any atom is 0.221 e. The highest BCUT2D eigenvalue weighted by atomic mass is 16.1. The molecule has 0 unspecified atom stereocenters. The van der Waals surface area contributed by atoms with E-state index in [1.54, 1.807) is 7.05 Å². The van der Waals surface area contributed by atoms with E-state index < -0.39 is 0 Å². The van der Waals surface area contributed by atoms with Crippen LogP contribution >= 0.6 is 0 Å². The first-order valence-electron chi connectivity index (χ1n) is 7.50. The van der Waals surface area contributed by atoms with Crippen LogP contribution in [0.1, 0.15) is 51.9 Å². The maximum absolute atomic E-state index is 11.7. The summed E-state index contributed by atoms with van der Waals surface area (Å²) in [5.74, 6) is 0.922. The largest absolute Gasteiger partial charge is 0.356 e. The number of hydrogen-bond donors (Lipinski definition) is 3. The Balaban J connectivity index is 2.08. The second kappa shape index (κ2) is 9.64. The molecule has 1 aliphatic rings. The van der Waals surface area contributed by atoms with Gasteiger partial charge in [0.05, 0.1) is 0 Å². The molecule has 0 aromatic heterocycles. The molecule has 1 fully saturated rings. The molecule has 19 heavy (non-hydrogen) atoms. The summed E-state index contributed by atoms with van der Waals surface area (Å²) < 4.78 is 0. The van der Waals surface area contributed by atoms with E-state index in [2.05, 4.69) is 27.9 Å². The van der Waals surface area contributed by atoms with Crippen LogP contribution in [0.25, 0.3) is 0 Å². The fourth-order valence-electron chi connectivity index (χ4n) is 2.27. The van der Waals surface area contributed by atoms with Crippen molar-refractivity contribution in [1.82, 2.24) is 16.0 Å². The summed E-state index contributed by atoms with van der Waals surface area (Å²) in [7, 11) is 1.75. The van der Waals surface area contributed by atoms with Crippen LogP contribution in [0, 0.1) is 0 Å². The Morgan fingerprint density at radius 2 is 1.89 bits per heavy atom. The smallest absolute Gasteiger partial charge is 0.221 e. The fourth-order valence-corrected chi connectivity index (χ4v) is 2.27. The van der Waals surface area contributed by atoms with Crippen molar-refractivity contribution in [2.75, 3.05) is 20.1 Å². The number of carbonyl (C=O) groups excluding carboxylic acids is 1. The molecule has 1 rings (SSSR count). The van der Waals surface area contributed by atoms with Crippen molar-refractivity contribution in [3.05, 3.63) is 0 Å². The van der Waals surface area contributed by atoms with Gasteiger partial charge in [0.15, 0.2) is 5.96 Å². The van der Waals surface area contributed by atoms with E-state index in [0.717, 1.165) is 38.2 Å². The van der Waals surface area contributed by atoms with Crippen LogP contribution < -0.4 is 16.0 Å². The lowest BCUT2D eigenvalue weighted by atomic mass is 10.2. The second-order valence-corrected chi connectivity index (χ2v) is 5.08. The predicted molar refractivity (Wildman–Crippen MR) is 79.3 cm³/mol. The third kappa shape index (κ3) is 7.03. The van der Waals surface area contributed by atoms with Gasteiger partial charge in [-0.2, -0.15) is 0 Å². The molecule has 0 saturated heterocycles. The zero-order valence-electron chi connectivity index (χ0n) is 12.3. The number of aliphatic imine (C=N–C) groups is 1. The number of nitrogens with zero attached hydrogens (tertiary/aromatic N) is 1. The Labute approximate surface area is 116 Å². The van der Waals surface area contributed by atoms with E-state index in [1.807, 2.05) is 0 Å². The summed E-state index contributed by atoms with van der Waals surface area (Å²) in [4.78, 5) is 15.8. The van der Waals surface area contributed by atoms with Gasteiger partial charge in [-0.25, -0.2) is 0 Å². The first kappa shape index (κ1) is 15.8. The average Bonchev–Trinajstić information content (AvgIpc) is 2.90. The van der Waals surface area contributed by atoms with Crippen LogP contribution in [-0.4, -0.2) is 38.0 Å². The fraction of sp³-hybridized carbons (Fsp3) is 0.857. The molecule has 1 aliphatic carbocycles. The number of guanidine groups is 1. The molecule has 5 nitrogen and oxygen atoms in total. The van der Waals surface area contributed by atoms with Crippen molar-refractivity contribution in [3.63, 3.8) is 0 Å². The highest BCUT2D eigenvalue weighted by Gasteiger charge is 2.16. The van der Waals surface area contributed by atoms with Gasteiger partial charge in [-0.15, -0.1) is 0 Å². The van der Waals surface area contributed by atoms with E-state index in [0.29, 0.717) is 19.0 Å². The molecule has 0 radical (unpaired) electrons. The van der Waals surface area contributed by atoms with Crippen LogP contribution in [0.3, 0.4) is 0 Å². The molecule has 1 amide bonds. The highest BCUT2D eigenvalue weighted by molar-refractivity contribution is 5.81. The van der Waals surface area contributed by atoms with Crippen molar-refractivity contribution >= 4 is 11.9 Å². The Bertz CT molecular complexity index is 285. The summed E-state index contributed by atoms with van der Waals surface area (Å²) in [5.41, 5.74) is 0. The Morgan fingerprint density at radius 1 is 1.21 bits per heavy atom. The lowest BCUT2D eigenvalue weighted by Gasteiger charge is -2.13. The molecule has 3 N–H and O–H groups in total. The third-order valence-corrected chi connectivity index (χ3v) is 3.41. The third-order valence-electron chi connectivity index (χ3n) is 3.41. The van der Waals surface area contributed by atoms with Crippen molar-refractivity contribution in [1.29, 1.82) is 0 Å². The first-order chi connectivity index (χ1) is 9.26. The van der Waals surface area contributed by atoms with Gasteiger partial charge in [-0.05, 0) is 19.3 Å². The standard InChI is InChI=1S/C14H28N4O/c1-3-4-10-16-14(15-2)17-11-9-13(19)18-12-7-5-6-8-12/h12H,3-11H2,1-2H3,(H,18,19)(H2,15,16,17). The molecular weight excluding hydrogens is 240 g/mol. The van der Waals surface area contributed by atoms with Gasteiger partial charge < -0.3 is 16.0 Å². The molecule has 0 bridgehead atoms. The normalized spacial score (nSPS) is 16.4. The predicted octanol–water partition coefficient (Wildman–Crippen LogP) is 1.40. The van der Waals surface area contributed by atoms with E-state index in [-0.39, 0.29) is 5.91 Å².